The zero-order valence-corrected chi connectivity index (χ0v) is 15.0. The van der Waals surface area contributed by atoms with Crippen molar-refractivity contribution in [2.24, 2.45) is 0 Å². The number of hydrogen-bond acceptors (Lipinski definition) is 4. The summed E-state index contributed by atoms with van der Waals surface area (Å²) in [5.41, 5.74) is 0.852. The lowest BCUT2D eigenvalue weighted by Crippen LogP contribution is -2.41. The van der Waals surface area contributed by atoms with E-state index >= 15 is 0 Å². The summed E-state index contributed by atoms with van der Waals surface area (Å²) in [6, 6.07) is 7.73. The summed E-state index contributed by atoms with van der Waals surface area (Å²) in [5.74, 6) is -1.26. The van der Waals surface area contributed by atoms with Crippen LogP contribution in [-0.2, 0) is 14.1 Å². The highest BCUT2D eigenvalue weighted by atomic mass is 16.7. The number of rotatable bonds is 5. The molecule has 0 bridgehead atoms. The van der Waals surface area contributed by atoms with Crippen LogP contribution in [0.4, 0.5) is 0 Å². The van der Waals surface area contributed by atoms with Crippen molar-refractivity contribution in [1.29, 1.82) is 0 Å². The van der Waals surface area contributed by atoms with Gasteiger partial charge in [0.25, 0.3) is 0 Å². The van der Waals surface area contributed by atoms with E-state index < -0.39 is 24.3 Å². The highest BCUT2D eigenvalue weighted by Gasteiger charge is 2.54. The highest BCUT2D eigenvalue weighted by molar-refractivity contribution is 6.48. The van der Waals surface area contributed by atoms with Crippen molar-refractivity contribution in [2.45, 2.75) is 51.1 Å². The van der Waals surface area contributed by atoms with E-state index in [2.05, 4.69) is 4.98 Å². The van der Waals surface area contributed by atoms with Crippen molar-refractivity contribution in [2.75, 3.05) is 0 Å². The lowest BCUT2D eigenvalue weighted by atomic mass is 9.66. The van der Waals surface area contributed by atoms with Crippen molar-refractivity contribution in [3.05, 3.63) is 48.5 Å². The van der Waals surface area contributed by atoms with Crippen LogP contribution in [0.15, 0.2) is 43.0 Å². The first kappa shape index (κ1) is 17.7. The molecule has 2 heterocycles. The molecule has 0 aliphatic carbocycles. The first-order valence-corrected chi connectivity index (χ1v) is 8.35. The van der Waals surface area contributed by atoms with Crippen LogP contribution < -0.4 is 0 Å². The Morgan fingerprint density at radius 1 is 1.20 bits per heavy atom. The molecule has 0 spiro atoms. The van der Waals surface area contributed by atoms with Crippen molar-refractivity contribution in [3.8, 4) is 5.69 Å². The fourth-order valence-corrected chi connectivity index (χ4v) is 2.92. The molecule has 2 aromatic rings. The van der Waals surface area contributed by atoms with Gasteiger partial charge < -0.3 is 19.0 Å². The van der Waals surface area contributed by atoms with Gasteiger partial charge in [0.15, 0.2) is 0 Å². The van der Waals surface area contributed by atoms with E-state index in [4.69, 9.17) is 9.31 Å². The molecule has 0 saturated carbocycles. The van der Waals surface area contributed by atoms with Crippen LogP contribution in [0.3, 0.4) is 0 Å². The summed E-state index contributed by atoms with van der Waals surface area (Å²) in [7, 11) is -0.597. The van der Waals surface area contributed by atoms with E-state index in [1.165, 1.54) is 0 Å². The van der Waals surface area contributed by atoms with E-state index in [0.717, 1.165) is 11.3 Å². The fraction of sp³-hybridized carbons (Fsp3) is 0.444. The Labute approximate surface area is 147 Å². The lowest BCUT2D eigenvalue weighted by molar-refractivity contribution is -0.137. The molecule has 0 amide bonds. The quantitative estimate of drug-likeness (QED) is 0.846. The molecule has 25 heavy (non-hydrogen) atoms. The number of aromatic nitrogens is 2. The van der Waals surface area contributed by atoms with Gasteiger partial charge in [0.2, 0.25) is 0 Å². The Morgan fingerprint density at radius 2 is 1.80 bits per heavy atom. The summed E-state index contributed by atoms with van der Waals surface area (Å²) in [4.78, 5) is 15.4. The standard InChI is InChI=1S/C18H23BN2O4/c1-17(2)18(3,4)25-19(24-17)15(11-16(22)23)13-5-7-14(8-6-13)21-10-9-20-12-21/h5-10,12,15H,11H2,1-4H3,(H,22,23). The van der Waals surface area contributed by atoms with E-state index in [1.54, 1.807) is 12.5 Å². The summed E-state index contributed by atoms with van der Waals surface area (Å²) in [6.45, 7) is 7.86. The van der Waals surface area contributed by atoms with E-state index in [1.807, 2.05) is 62.7 Å². The molecule has 1 aromatic heterocycles. The second kappa shape index (κ2) is 6.31. The maximum absolute atomic E-state index is 11.4. The molecule has 1 fully saturated rings. The van der Waals surface area contributed by atoms with Crippen LogP contribution in [0.5, 0.6) is 0 Å². The van der Waals surface area contributed by atoms with Gasteiger partial charge in [-0.3, -0.25) is 4.79 Å². The molecule has 1 unspecified atom stereocenters. The van der Waals surface area contributed by atoms with Gasteiger partial charge in [-0.05, 0) is 45.4 Å². The third-order valence-electron chi connectivity index (χ3n) is 5.12. The first-order chi connectivity index (χ1) is 11.7. The second-order valence-electron chi connectivity index (χ2n) is 7.39. The van der Waals surface area contributed by atoms with Crippen LogP contribution in [0.2, 0.25) is 0 Å². The Balaban J connectivity index is 1.88. The van der Waals surface area contributed by atoms with Gasteiger partial charge >= 0.3 is 13.1 Å². The molecule has 3 rings (SSSR count). The molecular weight excluding hydrogens is 319 g/mol. The van der Waals surface area contributed by atoms with Crippen molar-refractivity contribution >= 4 is 13.1 Å². The van der Waals surface area contributed by atoms with Crippen molar-refractivity contribution in [3.63, 3.8) is 0 Å². The minimum Gasteiger partial charge on any atom is -0.481 e. The predicted molar refractivity (Wildman–Crippen MR) is 94.6 cm³/mol. The summed E-state index contributed by atoms with van der Waals surface area (Å²) >= 11 is 0. The normalized spacial score (nSPS) is 19.8. The molecule has 1 aromatic carbocycles. The van der Waals surface area contributed by atoms with Gasteiger partial charge in [-0.2, -0.15) is 0 Å². The monoisotopic (exact) mass is 342 g/mol. The zero-order chi connectivity index (χ0) is 18.2. The number of carboxylic acid groups (broad SMARTS) is 1. The topological polar surface area (TPSA) is 73.6 Å². The first-order valence-electron chi connectivity index (χ1n) is 8.35. The van der Waals surface area contributed by atoms with E-state index in [-0.39, 0.29) is 12.2 Å². The van der Waals surface area contributed by atoms with Crippen LogP contribution in [0.1, 0.15) is 45.5 Å². The average molecular weight is 342 g/mol. The van der Waals surface area contributed by atoms with Crippen LogP contribution >= 0.6 is 0 Å². The van der Waals surface area contributed by atoms with Crippen LogP contribution in [0.25, 0.3) is 5.69 Å². The number of carbonyl (C=O) groups is 1. The van der Waals surface area contributed by atoms with Crippen molar-refractivity contribution < 1.29 is 19.2 Å². The Kier molecular flexibility index (Phi) is 4.47. The smallest absolute Gasteiger partial charge is 0.466 e. The number of nitrogens with zero attached hydrogens (tertiary/aromatic N) is 2. The largest absolute Gasteiger partial charge is 0.481 e. The molecule has 6 nitrogen and oxygen atoms in total. The maximum Gasteiger partial charge on any atom is 0.466 e. The van der Waals surface area contributed by atoms with Gasteiger partial charge in [-0.15, -0.1) is 0 Å². The number of hydrogen-bond donors (Lipinski definition) is 1. The molecule has 1 N–H and O–H groups in total. The molecular formula is C18H23BN2O4. The number of carboxylic acids is 1. The summed E-state index contributed by atoms with van der Waals surface area (Å²) in [5, 5.41) is 9.35. The van der Waals surface area contributed by atoms with Crippen LogP contribution in [0, 0.1) is 0 Å². The van der Waals surface area contributed by atoms with Gasteiger partial charge in [-0.25, -0.2) is 4.98 Å². The molecule has 7 heteroatoms. The van der Waals surface area contributed by atoms with Gasteiger partial charge in [0.1, 0.15) is 0 Å². The third kappa shape index (κ3) is 3.48. The lowest BCUT2D eigenvalue weighted by Gasteiger charge is -2.32. The predicted octanol–water partition coefficient (Wildman–Crippen LogP) is 3.06. The molecule has 1 saturated heterocycles. The fourth-order valence-electron chi connectivity index (χ4n) is 2.92. The highest BCUT2D eigenvalue weighted by Crippen LogP contribution is 2.41. The summed E-state index contributed by atoms with van der Waals surface area (Å²) < 4.78 is 14.1. The Morgan fingerprint density at radius 3 is 2.28 bits per heavy atom. The third-order valence-corrected chi connectivity index (χ3v) is 5.12. The Bertz CT molecular complexity index is 725. The maximum atomic E-state index is 11.4. The van der Waals surface area contributed by atoms with Gasteiger partial charge in [-0.1, -0.05) is 12.1 Å². The number of aliphatic carboxylic acids is 1. The Hall–Kier alpha value is -2.12. The molecule has 1 aliphatic heterocycles. The molecule has 1 atom stereocenters. The molecule has 0 radical (unpaired) electrons. The van der Waals surface area contributed by atoms with Gasteiger partial charge in [0, 0.05) is 23.9 Å². The zero-order valence-electron chi connectivity index (χ0n) is 15.0. The number of benzene rings is 1. The summed E-state index contributed by atoms with van der Waals surface area (Å²) in [6.07, 6.45) is 5.24. The van der Waals surface area contributed by atoms with Crippen LogP contribution in [-0.4, -0.2) is 38.9 Å². The van der Waals surface area contributed by atoms with Gasteiger partial charge in [0.05, 0.1) is 24.0 Å². The SMILES string of the molecule is CC1(C)OB(C(CC(=O)O)c2ccc(-n3ccnc3)cc2)OC1(C)C. The minimum atomic E-state index is -0.876. The second-order valence-corrected chi connectivity index (χ2v) is 7.39. The average Bonchev–Trinajstić information content (AvgIpc) is 3.12. The molecule has 1 aliphatic rings. The van der Waals surface area contributed by atoms with E-state index in [9.17, 15) is 9.90 Å². The number of imidazole rings is 1. The van der Waals surface area contributed by atoms with Crippen molar-refractivity contribution in [1.82, 2.24) is 9.55 Å². The van der Waals surface area contributed by atoms with E-state index in [0.29, 0.717) is 0 Å². The molecule has 132 valence electrons. The minimum absolute atomic E-state index is 0.0543.